The van der Waals surface area contributed by atoms with Crippen LogP contribution in [0.1, 0.15) is 0 Å². The summed E-state index contributed by atoms with van der Waals surface area (Å²) in [5, 5.41) is 3.87. The van der Waals surface area contributed by atoms with Gasteiger partial charge in [0.2, 0.25) is 5.91 Å². The van der Waals surface area contributed by atoms with Crippen molar-refractivity contribution in [1.29, 1.82) is 0 Å². The summed E-state index contributed by atoms with van der Waals surface area (Å²) in [6.45, 7) is -0.0117. The second-order valence-electron chi connectivity index (χ2n) is 4.80. The Bertz CT molecular complexity index is 771. The minimum Gasteiger partial charge on any atom is -0.430 e. The van der Waals surface area contributed by atoms with Gasteiger partial charge >= 0.3 is 0 Å². The maximum absolute atomic E-state index is 12.1. The molecule has 0 radical (unpaired) electrons. The first-order chi connectivity index (χ1) is 11.4. The monoisotopic (exact) mass is 402 g/mol. The topological polar surface area (TPSA) is 41.6 Å². The highest BCUT2D eigenvalue weighted by atomic mass is 35.5. The van der Waals surface area contributed by atoms with E-state index in [1.54, 1.807) is 49.5 Å². The van der Waals surface area contributed by atoms with E-state index in [0.717, 1.165) is 0 Å². The molecule has 0 bridgehead atoms. The molecule has 0 heterocycles. The second-order valence-corrected chi connectivity index (χ2v) is 6.35. The maximum atomic E-state index is 12.1. The van der Waals surface area contributed by atoms with Crippen LogP contribution < -0.4 is 10.1 Å². The van der Waals surface area contributed by atoms with Crippen LogP contribution >= 0.6 is 47.0 Å². The molecule has 0 unspecified atom stereocenters. The fourth-order valence-electron chi connectivity index (χ4n) is 1.77. The van der Waals surface area contributed by atoms with E-state index in [0.29, 0.717) is 21.5 Å². The Hall–Kier alpha value is -1.53. The lowest BCUT2D eigenvalue weighted by atomic mass is 10.3. The molecule has 8 heteroatoms. The van der Waals surface area contributed by atoms with Crippen molar-refractivity contribution in [2.75, 3.05) is 18.9 Å². The zero-order valence-corrected chi connectivity index (χ0v) is 15.6. The van der Waals surface area contributed by atoms with E-state index in [2.05, 4.69) is 5.32 Å². The Morgan fingerprint density at radius 3 is 2.50 bits per heavy atom. The number of carbonyl (C=O) groups excluding carboxylic acids is 1. The molecule has 126 valence electrons. The summed E-state index contributed by atoms with van der Waals surface area (Å²) in [7, 11) is 1.63. The van der Waals surface area contributed by atoms with Gasteiger partial charge in [-0.15, -0.1) is 0 Å². The zero-order chi connectivity index (χ0) is 17.7. The molecular formula is C16H13Cl3N2O2S. The Morgan fingerprint density at radius 1 is 1.12 bits per heavy atom. The number of para-hydroxylation sites is 1. The highest BCUT2D eigenvalue weighted by Gasteiger charge is 2.15. The standard InChI is InChI=1S/C16H13Cl3N2O2S/c1-21(9-14(22)20-12-7-3-2-5-10(12)17)16(24)23-13-8-4-6-11(18)15(13)19/h2-8H,9H2,1H3,(H,20,22). The largest absolute Gasteiger partial charge is 0.430 e. The third-order valence-electron chi connectivity index (χ3n) is 2.95. The molecule has 0 atom stereocenters. The number of likely N-dealkylation sites (N-methyl/N-ethyl adjacent to an activating group) is 1. The van der Waals surface area contributed by atoms with Crippen molar-refractivity contribution in [3.05, 3.63) is 57.5 Å². The van der Waals surface area contributed by atoms with E-state index >= 15 is 0 Å². The summed E-state index contributed by atoms with van der Waals surface area (Å²) in [5.41, 5.74) is 0.530. The lowest BCUT2D eigenvalue weighted by Crippen LogP contribution is -2.36. The molecule has 0 fully saturated rings. The summed E-state index contributed by atoms with van der Waals surface area (Å²) in [6, 6.07) is 11.9. The predicted molar refractivity (Wildman–Crippen MR) is 102 cm³/mol. The third kappa shape index (κ3) is 4.98. The number of amides is 1. The summed E-state index contributed by atoms with van der Waals surface area (Å²) in [5.74, 6) is 0.0428. The molecule has 0 aliphatic heterocycles. The molecule has 0 saturated heterocycles. The molecule has 1 N–H and O–H groups in total. The van der Waals surface area contributed by atoms with Crippen molar-refractivity contribution in [3.8, 4) is 5.75 Å². The number of thiocarbonyl (C=S) groups is 1. The van der Waals surface area contributed by atoms with Gasteiger partial charge in [-0.25, -0.2) is 0 Å². The zero-order valence-electron chi connectivity index (χ0n) is 12.6. The van der Waals surface area contributed by atoms with E-state index in [-0.39, 0.29) is 22.6 Å². The smallest absolute Gasteiger partial charge is 0.265 e. The molecule has 0 aliphatic rings. The van der Waals surface area contributed by atoms with Gasteiger partial charge in [0.25, 0.3) is 5.17 Å². The fraction of sp³-hybridized carbons (Fsp3) is 0.125. The molecule has 0 saturated carbocycles. The minimum atomic E-state index is -0.284. The lowest BCUT2D eigenvalue weighted by Gasteiger charge is -2.20. The van der Waals surface area contributed by atoms with Gasteiger partial charge in [-0.2, -0.15) is 0 Å². The number of nitrogens with zero attached hydrogens (tertiary/aromatic N) is 1. The molecule has 2 rings (SSSR count). The summed E-state index contributed by atoms with van der Waals surface area (Å²) in [4.78, 5) is 13.6. The number of benzene rings is 2. The Kier molecular flexibility index (Phi) is 6.69. The first-order valence-corrected chi connectivity index (χ1v) is 8.34. The number of ether oxygens (including phenoxy) is 1. The Labute approximate surface area is 160 Å². The van der Waals surface area contributed by atoms with E-state index in [1.165, 1.54) is 4.90 Å². The van der Waals surface area contributed by atoms with Crippen molar-refractivity contribution >= 4 is 63.8 Å². The van der Waals surface area contributed by atoms with Gasteiger partial charge < -0.3 is 15.0 Å². The van der Waals surface area contributed by atoms with Crippen molar-refractivity contribution < 1.29 is 9.53 Å². The lowest BCUT2D eigenvalue weighted by molar-refractivity contribution is -0.116. The van der Waals surface area contributed by atoms with E-state index in [1.807, 2.05) is 0 Å². The van der Waals surface area contributed by atoms with Crippen molar-refractivity contribution in [2.45, 2.75) is 0 Å². The highest BCUT2D eigenvalue weighted by Crippen LogP contribution is 2.31. The molecular weight excluding hydrogens is 391 g/mol. The summed E-state index contributed by atoms with van der Waals surface area (Å²) in [6.07, 6.45) is 0. The summed E-state index contributed by atoms with van der Waals surface area (Å²) >= 11 is 23.1. The van der Waals surface area contributed by atoms with Crippen LogP contribution in [0.3, 0.4) is 0 Å². The maximum Gasteiger partial charge on any atom is 0.265 e. The number of hydrogen-bond acceptors (Lipinski definition) is 3. The van der Waals surface area contributed by atoms with Gasteiger partial charge in [0, 0.05) is 7.05 Å². The van der Waals surface area contributed by atoms with Gasteiger partial charge in [0.05, 0.1) is 15.7 Å². The van der Waals surface area contributed by atoms with Crippen LogP contribution in [0.2, 0.25) is 15.1 Å². The molecule has 1 amide bonds. The van der Waals surface area contributed by atoms with Crippen molar-refractivity contribution in [1.82, 2.24) is 4.90 Å². The molecule has 2 aromatic rings. The summed E-state index contributed by atoms with van der Waals surface area (Å²) < 4.78 is 5.50. The molecule has 0 spiro atoms. The Morgan fingerprint density at radius 2 is 1.79 bits per heavy atom. The van der Waals surface area contributed by atoms with Gasteiger partial charge in [0.15, 0.2) is 0 Å². The first kappa shape index (κ1) is 18.8. The van der Waals surface area contributed by atoms with Crippen LogP contribution in [-0.4, -0.2) is 29.6 Å². The fourth-order valence-corrected chi connectivity index (χ4v) is 2.43. The van der Waals surface area contributed by atoms with E-state index in [4.69, 9.17) is 51.8 Å². The molecule has 24 heavy (non-hydrogen) atoms. The first-order valence-electron chi connectivity index (χ1n) is 6.80. The normalized spacial score (nSPS) is 10.2. The van der Waals surface area contributed by atoms with Gasteiger partial charge in [-0.1, -0.05) is 53.0 Å². The van der Waals surface area contributed by atoms with Crippen LogP contribution in [0, 0.1) is 0 Å². The van der Waals surface area contributed by atoms with Crippen LogP contribution in [0.5, 0.6) is 5.75 Å². The van der Waals surface area contributed by atoms with Gasteiger partial charge in [-0.05, 0) is 36.5 Å². The quantitative estimate of drug-likeness (QED) is 0.739. The average molecular weight is 404 g/mol. The van der Waals surface area contributed by atoms with Crippen LogP contribution in [0.15, 0.2) is 42.5 Å². The third-order valence-corrected chi connectivity index (χ3v) is 4.48. The number of anilines is 1. The van der Waals surface area contributed by atoms with E-state index in [9.17, 15) is 4.79 Å². The number of halogens is 3. The molecule has 0 aromatic heterocycles. The van der Waals surface area contributed by atoms with Crippen molar-refractivity contribution in [2.24, 2.45) is 0 Å². The highest BCUT2D eigenvalue weighted by molar-refractivity contribution is 7.80. The van der Waals surface area contributed by atoms with Crippen molar-refractivity contribution in [3.63, 3.8) is 0 Å². The average Bonchev–Trinajstić information content (AvgIpc) is 2.54. The number of hydrogen-bond donors (Lipinski definition) is 1. The number of nitrogens with one attached hydrogen (secondary N) is 1. The SMILES string of the molecule is CN(CC(=O)Nc1ccccc1Cl)C(=S)Oc1cccc(Cl)c1Cl. The molecule has 0 aliphatic carbocycles. The molecule has 2 aromatic carbocycles. The van der Waals surface area contributed by atoms with E-state index < -0.39 is 0 Å². The molecule has 4 nitrogen and oxygen atoms in total. The van der Waals surface area contributed by atoms with Crippen LogP contribution in [-0.2, 0) is 4.79 Å². The van der Waals surface area contributed by atoms with Gasteiger partial charge in [0.1, 0.15) is 17.3 Å². The van der Waals surface area contributed by atoms with Crippen LogP contribution in [0.4, 0.5) is 5.69 Å². The number of carbonyl (C=O) groups is 1. The Balaban J connectivity index is 1.95. The number of rotatable bonds is 4. The predicted octanol–water partition coefficient (Wildman–Crippen LogP) is 4.88. The minimum absolute atomic E-state index is 0.0117. The van der Waals surface area contributed by atoms with Gasteiger partial charge in [-0.3, -0.25) is 4.79 Å². The van der Waals surface area contributed by atoms with Crippen LogP contribution in [0.25, 0.3) is 0 Å². The second kappa shape index (κ2) is 8.53.